The first-order chi connectivity index (χ1) is 15.8. The van der Waals surface area contributed by atoms with Crippen molar-refractivity contribution in [2.75, 3.05) is 4.72 Å². The quantitative estimate of drug-likeness (QED) is 0.626. The third-order valence-corrected chi connectivity index (χ3v) is 6.92. The second kappa shape index (κ2) is 7.94. The van der Waals surface area contributed by atoms with E-state index in [1.54, 1.807) is 0 Å². The molecule has 2 heterocycles. The highest BCUT2D eigenvalue weighted by Gasteiger charge is 2.45. The average molecular weight is 495 g/mol. The van der Waals surface area contributed by atoms with Gasteiger partial charge in [0.2, 0.25) is 11.8 Å². The molecule has 0 saturated carbocycles. The highest BCUT2D eigenvalue weighted by Crippen LogP contribution is 2.37. The lowest BCUT2D eigenvalue weighted by molar-refractivity contribution is -0.140. The van der Waals surface area contributed by atoms with Crippen molar-refractivity contribution in [3.63, 3.8) is 0 Å². The van der Waals surface area contributed by atoms with Crippen molar-refractivity contribution in [3.8, 4) is 0 Å². The van der Waals surface area contributed by atoms with Gasteiger partial charge in [0.1, 0.15) is 6.04 Å². The van der Waals surface area contributed by atoms with Gasteiger partial charge in [-0.15, -0.1) is 0 Å². The maximum Gasteiger partial charge on any atom is 0.417 e. The number of hydrogen-bond donors (Lipinski definition) is 2. The maximum atomic E-state index is 13.5. The summed E-state index contributed by atoms with van der Waals surface area (Å²) in [6.45, 7) is 1.13. The summed E-state index contributed by atoms with van der Waals surface area (Å²) in [5.41, 5.74) is -2.19. The van der Waals surface area contributed by atoms with Crippen LogP contribution in [-0.2, 0) is 25.8 Å². The number of piperidine rings is 1. The second-order valence-electron chi connectivity index (χ2n) is 7.76. The molecule has 1 unspecified atom stereocenters. The number of carbonyl (C=O) groups excluding carboxylic acids is 4. The van der Waals surface area contributed by atoms with Crippen LogP contribution in [0.25, 0.3) is 0 Å². The Balaban J connectivity index is 1.67. The highest BCUT2D eigenvalue weighted by molar-refractivity contribution is 7.92. The summed E-state index contributed by atoms with van der Waals surface area (Å²) in [5.74, 6) is -3.04. The van der Waals surface area contributed by atoms with E-state index in [-0.39, 0.29) is 35.2 Å². The molecular weight excluding hydrogens is 479 g/mol. The minimum absolute atomic E-state index is 0.0663. The average Bonchev–Trinajstić information content (AvgIpc) is 2.97. The largest absolute Gasteiger partial charge is 0.417 e. The lowest BCUT2D eigenvalue weighted by Crippen LogP contribution is -2.54. The van der Waals surface area contributed by atoms with Gasteiger partial charge in [0.25, 0.3) is 21.8 Å². The Morgan fingerprint density at radius 1 is 1.03 bits per heavy atom. The minimum atomic E-state index is -4.93. The lowest BCUT2D eigenvalue weighted by atomic mass is 10.0. The van der Waals surface area contributed by atoms with Crippen molar-refractivity contribution in [1.29, 1.82) is 0 Å². The molecule has 2 aromatic carbocycles. The molecule has 2 aromatic rings. The number of sulfonamides is 1. The maximum absolute atomic E-state index is 13.5. The first-order valence-corrected chi connectivity index (χ1v) is 11.3. The number of benzene rings is 2. The Labute approximate surface area is 191 Å². The van der Waals surface area contributed by atoms with Crippen molar-refractivity contribution < 1.29 is 40.8 Å². The van der Waals surface area contributed by atoms with Crippen LogP contribution in [0.5, 0.6) is 0 Å². The molecule has 1 atom stereocenters. The summed E-state index contributed by atoms with van der Waals surface area (Å²) in [5, 5.41) is 2.05. The molecule has 4 amide bonds. The van der Waals surface area contributed by atoms with Crippen LogP contribution in [0.1, 0.15) is 44.7 Å². The Morgan fingerprint density at radius 2 is 1.71 bits per heavy atom. The molecule has 13 heteroatoms. The Bertz CT molecular complexity index is 1370. The second-order valence-corrected chi connectivity index (χ2v) is 9.41. The number of imide groups is 2. The highest BCUT2D eigenvalue weighted by atomic mass is 32.2. The molecule has 34 heavy (non-hydrogen) atoms. The van der Waals surface area contributed by atoms with Gasteiger partial charge in [-0.2, -0.15) is 13.2 Å². The van der Waals surface area contributed by atoms with Gasteiger partial charge in [0.15, 0.2) is 0 Å². The number of nitrogens with one attached hydrogen (secondary N) is 2. The molecule has 1 saturated heterocycles. The zero-order valence-electron chi connectivity index (χ0n) is 17.4. The summed E-state index contributed by atoms with van der Waals surface area (Å²) >= 11 is 0. The summed E-state index contributed by atoms with van der Waals surface area (Å²) in [6, 6.07) is 5.17. The monoisotopic (exact) mass is 495 g/mol. The smallest absolute Gasteiger partial charge is 0.295 e. The van der Waals surface area contributed by atoms with Crippen molar-refractivity contribution >= 4 is 39.3 Å². The molecule has 0 bridgehead atoms. The van der Waals surface area contributed by atoms with Crippen LogP contribution in [-0.4, -0.2) is 43.0 Å². The molecule has 2 aliphatic rings. The first kappa shape index (κ1) is 23.4. The minimum Gasteiger partial charge on any atom is -0.295 e. The first-order valence-electron chi connectivity index (χ1n) is 9.86. The fraction of sp³-hybridized carbons (Fsp3) is 0.238. The van der Waals surface area contributed by atoms with Crippen molar-refractivity contribution in [1.82, 2.24) is 10.2 Å². The third kappa shape index (κ3) is 3.91. The molecule has 0 aromatic heterocycles. The van der Waals surface area contributed by atoms with E-state index < -0.39 is 56.3 Å². The molecule has 9 nitrogen and oxygen atoms in total. The van der Waals surface area contributed by atoms with E-state index in [0.717, 1.165) is 37.3 Å². The van der Waals surface area contributed by atoms with Crippen LogP contribution in [0.15, 0.2) is 41.3 Å². The number of amides is 4. The molecule has 0 aliphatic carbocycles. The van der Waals surface area contributed by atoms with Crippen LogP contribution in [0, 0.1) is 6.92 Å². The van der Waals surface area contributed by atoms with Crippen molar-refractivity contribution in [3.05, 3.63) is 58.7 Å². The lowest BCUT2D eigenvalue weighted by Gasteiger charge is -2.27. The predicted molar refractivity (Wildman–Crippen MR) is 110 cm³/mol. The summed E-state index contributed by atoms with van der Waals surface area (Å²) < 4.78 is 68.1. The van der Waals surface area contributed by atoms with Crippen LogP contribution in [0.3, 0.4) is 0 Å². The van der Waals surface area contributed by atoms with E-state index in [1.165, 1.54) is 6.07 Å². The van der Waals surface area contributed by atoms with E-state index in [2.05, 4.69) is 0 Å². The number of carbonyl (C=O) groups is 4. The number of alkyl halides is 3. The Kier molecular flexibility index (Phi) is 5.47. The molecule has 4 rings (SSSR count). The van der Waals surface area contributed by atoms with Crippen molar-refractivity contribution in [2.45, 2.75) is 36.9 Å². The fourth-order valence-corrected chi connectivity index (χ4v) is 5.32. The molecule has 0 radical (unpaired) electrons. The van der Waals surface area contributed by atoms with E-state index in [1.807, 2.05) is 10.0 Å². The van der Waals surface area contributed by atoms with Gasteiger partial charge in [0, 0.05) is 12.1 Å². The van der Waals surface area contributed by atoms with E-state index in [0.29, 0.717) is 4.90 Å². The van der Waals surface area contributed by atoms with Crippen LogP contribution < -0.4 is 10.0 Å². The Hall–Kier alpha value is -3.74. The topological polar surface area (TPSA) is 130 Å². The number of halogens is 3. The standard InChI is InChI=1S/C21H16F3N3O6S/c1-10-3-2-4-15(17(10)21(22,23)24)34(32,33)26-11-5-6-12-13(9-11)20(31)27(19(12)30)14-7-8-16(28)25-18(14)29/h2-6,9,14,26H,7-8H2,1H3,(H,25,28,29). The molecule has 0 spiro atoms. The van der Waals surface area contributed by atoms with Gasteiger partial charge in [-0.3, -0.25) is 34.1 Å². The van der Waals surface area contributed by atoms with Crippen LogP contribution in [0.2, 0.25) is 0 Å². The van der Waals surface area contributed by atoms with E-state index in [4.69, 9.17) is 0 Å². The number of rotatable bonds is 4. The van der Waals surface area contributed by atoms with Gasteiger partial charge in [-0.1, -0.05) is 12.1 Å². The fourth-order valence-electron chi connectivity index (χ4n) is 3.97. The van der Waals surface area contributed by atoms with Gasteiger partial charge in [-0.25, -0.2) is 8.42 Å². The normalized spacial score (nSPS) is 18.7. The molecular formula is C21H16F3N3O6S. The summed E-state index contributed by atoms with van der Waals surface area (Å²) in [6.07, 6.45) is -5.08. The SMILES string of the molecule is Cc1cccc(S(=O)(=O)Nc2ccc3c(c2)C(=O)N(C2CCC(=O)NC2=O)C3=O)c1C(F)(F)F. The zero-order valence-corrected chi connectivity index (χ0v) is 18.2. The predicted octanol–water partition coefficient (Wildman–Crippen LogP) is 2.22. The van der Waals surface area contributed by atoms with Crippen molar-refractivity contribution in [2.24, 2.45) is 0 Å². The number of nitrogens with zero attached hydrogens (tertiary/aromatic N) is 1. The van der Waals surface area contributed by atoms with Crippen LogP contribution >= 0.6 is 0 Å². The van der Waals surface area contributed by atoms with Gasteiger partial charge in [0.05, 0.1) is 21.6 Å². The third-order valence-electron chi connectivity index (χ3n) is 5.50. The van der Waals surface area contributed by atoms with Gasteiger partial charge >= 0.3 is 6.18 Å². The summed E-state index contributed by atoms with van der Waals surface area (Å²) in [4.78, 5) is 48.8. The zero-order chi connectivity index (χ0) is 25.0. The number of anilines is 1. The Morgan fingerprint density at radius 3 is 2.35 bits per heavy atom. The summed E-state index contributed by atoms with van der Waals surface area (Å²) in [7, 11) is -4.73. The van der Waals surface area contributed by atoms with E-state index >= 15 is 0 Å². The van der Waals surface area contributed by atoms with E-state index in [9.17, 15) is 40.8 Å². The molecule has 2 aliphatic heterocycles. The molecule has 178 valence electrons. The number of fused-ring (bicyclic) bond motifs is 1. The number of hydrogen-bond acceptors (Lipinski definition) is 6. The van der Waals surface area contributed by atoms with Gasteiger partial charge in [-0.05, 0) is 43.2 Å². The van der Waals surface area contributed by atoms with Crippen LogP contribution in [0.4, 0.5) is 18.9 Å². The molecule has 2 N–H and O–H groups in total. The van der Waals surface area contributed by atoms with Gasteiger partial charge < -0.3 is 0 Å². The molecule has 1 fully saturated rings. The number of aryl methyl sites for hydroxylation is 1.